The highest BCUT2D eigenvalue weighted by molar-refractivity contribution is 5.52. The highest BCUT2D eigenvalue weighted by Gasteiger charge is 2.79. The first kappa shape index (κ1) is 19.9. The third-order valence-corrected chi connectivity index (χ3v) is 9.90. The molecule has 0 unspecified atom stereocenters. The summed E-state index contributed by atoms with van der Waals surface area (Å²) in [6.07, 6.45) is 7.24. The topological polar surface area (TPSA) is 82.4 Å². The van der Waals surface area contributed by atoms with Gasteiger partial charge in [0.1, 0.15) is 11.2 Å². The zero-order chi connectivity index (χ0) is 21.2. The normalized spacial score (nSPS) is 55.7. The highest BCUT2D eigenvalue weighted by Crippen LogP contribution is 2.74. The Labute approximate surface area is 178 Å². The van der Waals surface area contributed by atoms with E-state index in [1.54, 1.807) is 0 Å². The number of likely N-dealkylation sites (N-methyl/N-ethyl adjacent to an activating group) is 1. The average Bonchev–Trinajstić information content (AvgIpc) is 2.88. The molecule has 166 valence electrons. The van der Waals surface area contributed by atoms with Gasteiger partial charge < -0.3 is 29.7 Å². The maximum atomic E-state index is 11.9. The number of hydrogen-bond acceptors (Lipinski definition) is 6. The minimum absolute atomic E-state index is 0.225. The van der Waals surface area contributed by atoms with E-state index in [4.69, 9.17) is 9.47 Å². The molecule has 8 atom stereocenters. The van der Waals surface area contributed by atoms with Gasteiger partial charge in [-0.2, -0.15) is 0 Å². The fourth-order valence-corrected chi connectivity index (χ4v) is 8.63. The van der Waals surface area contributed by atoms with Crippen LogP contribution in [0.3, 0.4) is 0 Å². The Kier molecular flexibility index (Phi) is 3.83. The van der Waals surface area contributed by atoms with E-state index in [9.17, 15) is 15.3 Å². The lowest BCUT2D eigenvalue weighted by Crippen LogP contribution is -2.79. The maximum Gasteiger partial charge on any atom is 0.167 e. The summed E-state index contributed by atoms with van der Waals surface area (Å²) in [7, 11) is 2.09. The second kappa shape index (κ2) is 5.77. The van der Waals surface area contributed by atoms with Crippen LogP contribution < -0.4 is 0 Å². The second-order valence-electron chi connectivity index (χ2n) is 11.2. The number of hydrogen-bond donors (Lipinski definition) is 3. The fraction of sp³-hybridized carbons (Fsp3) is 0.833. The summed E-state index contributed by atoms with van der Waals surface area (Å²) < 4.78 is 13.4. The molecule has 2 saturated carbocycles. The number of ether oxygens (including phenoxy) is 2. The number of aliphatic hydroxyl groups is 3. The number of allylic oxidation sites excluding steroid dienone is 1. The van der Waals surface area contributed by atoms with Gasteiger partial charge in [0, 0.05) is 36.8 Å². The van der Waals surface area contributed by atoms with E-state index in [0.717, 1.165) is 37.1 Å². The summed E-state index contributed by atoms with van der Waals surface area (Å²) in [5, 5.41) is 33.9. The summed E-state index contributed by atoms with van der Waals surface area (Å²) in [5.74, 6) is -0.869. The molecule has 0 radical (unpaired) electrons. The third-order valence-electron chi connectivity index (χ3n) is 9.90. The first-order valence-electron chi connectivity index (χ1n) is 11.7. The first-order chi connectivity index (χ1) is 14.1. The van der Waals surface area contributed by atoms with Crippen molar-refractivity contribution in [3.63, 3.8) is 0 Å². The molecule has 7 aliphatic rings. The molecule has 1 spiro atoms. The quantitative estimate of drug-likeness (QED) is 0.564. The molecule has 7 rings (SSSR count). The smallest absolute Gasteiger partial charge is 0.167 e. The Morgan fingerprint density at radius 3 is 2.80 bits per heavy atom. The molecular formula is C24H35NO5. The molecule has 4 bridgehead atoms. The number of nitrogens with zero attached hydrogens (tertiary/aromatic N) is 1. The summed E-state index contributed by atoms with van der Waals surface area (Å²) in [6.45, 7) is 6.24. The minimum atomic E-state index is -1.17. The zero-order valence-corrected chi connectivity index (χ0v) is 18.4. The largest absolute Gasteiger partial charge is 0.390 e. The van der Waals surface area contributed by atoms with Crippen molar-refractivity contribution in [2.45, 2.75) is 81.6 Å². The lowest BCUT2D eigenvalue weighted by Gasteiger charge is -2.73. The van der Waals surface area contributed by atoms with Crippen LogP contribution in [0.15, 0.2) is 23.3 Å². The Bertz CT molecular complexity index is 855. The predicted molar refractivity (Wildman–Crippen MR) is 111 cm³/mol. The van der Waals surface area contributed by atoms with Gasteiger partial charge in [-0.25, -0.2) is 0 Å². The Balaban J connectivity index is 1.60. The van der Waals surface area contributed by atoms with Crippen molar-refractivity contribution in [2.75, 3.05) is 26.7 Å². The lowest BCUT2D eigenvalue weighted by atomic mass is 9.41. The molecule has 3 N–H and O–H groups in total. The second-order valence-corrected chi connectivity index (χ2v) is 11.2. The molecule has 30 heavy (non-hydrogen) atoms. The molecule has 3 aliphatic heterocycles. The molecule has 0 aromatic heterocycles. The van der Waals surface area contributed by atoms with Crippen molar-refractivity contribution in [2.24, 2.45) is 16.7 Å². The summed E-state index contributed by atoms with van der Waals surface area (Å²) in [4.78, 5) is 2.27. The summed E-state index contributed by atoms with van der Waals surface area (Å²) >= 11 is 0. The average molecular weight is 418 g/mol. The van der Waals surface area contributed by atoms with Crippen LogP contribution in [-0.2, 0) is 9.47 Å². The number of aliphatic hydroxyl groups excluding tert-OH is 2. The van der Waals surface area contributed by atoms with Crippen molar-refractivity contribution in [3.8, 4) is 0 Å². The van der Waals surface area contributed by atoms with Crippen LogP contribution in [0.5, 0.6) is 0 Å². The monoisotopic (exact) mass is 417 g/mol. The van der Waals surface area contributed by atoms with Gasteiger partial charge in [0.15, 0.2) is 5.79 Å². The van der Waals surface area contributed by atoms with Crippen molar-refractivity contribution < 1.29 is 24.8 Å². The van der Waals surface area contributed by atoms with Crippen molar-refractivity contribution in [3.05, 3.63) is 23.3 Å². The van der Waals surface area contributed by atoms with Crippen LogP contribution in [0.25, 0.3) is 0 Å². The molecular weight excluding hydrogens is 382 g/mol. The molecule has 0 aromatic rings. The Morgan fingerprint density at radius 1 is 1.23 bits per heavy atom. The van der Waals surface area contributed by atoms with Gasteiger partial charge in [-0.05, 0) is 56.7 Å². The number of rotatable bonds is 1. The van der Waals surface area contributed by atoms with Gasteiger partial charge in [0.05, 0.1) is 18.8 Å². The van der Waals surface area contributed by atoms with Crippen molar-refractivity contribution >= 4 is 0 Å². The van der Waals surface area contributed by atoms with Crippen LogP contribution >= 0.6 is 0 Å². The van der Waals surface area contributed by atoms with E-state index in [1.807, 2.05) is 6.92 Å². The van der Waals surface area contributed by atoms with Crippen LogP contribution in [0.4, 0.5) is 0 Å². The zero-order valence-electron chi connectivity index (χ0n) is 18.4. The molecule has 6 nitrogen and oxygen atoms in total. The van der Waals surface area contributed by atoms with Gasteiger partial charge >= 0.3 is 0 Å². The number of fused-ring (bicyclic) bond motifs is 1. The van der Waals surface area contributed by atoms with Gasteiger partial charge in [0.25, 0.3) is 0 Å². The van der Waals surface area contributed by atoms with Crippen LogP contribution in [-0.4, -0.2) is 76.2 Å². The van der Waals surface area contributed by atoms with Gasteiger partial charge in [-0.15, -0.1) is 0 Å². The Hall–Kier alpha value is -0.760. The van der Waals surface area contributed by atoms with E-state index >= 15 is 0 Å². The molecule has 5 fully saturated rings. The van der Waals surface area contributed by atoms with Crippen LogP contribution in [0.1, 0.15) is 52.4 Å². The Morgan fingerprint density at radius 2 is 2.03 bits per heavy atom. The molecule has 3 saturated heterocycles. The van der Waals surface area contributed by atoms with Gasteiger partial charge in [-0.1, -0.05) is 19.1 Å². The first-order valence-corrected chi connectivity index (χ1v) is 11.7. The van der Waals surface area contributed by atoms with Crippen molar-refractivity contribution in [1.29, 1.82) is 0 Å². The van der Waals surface area contributed by atoms with Gasteiger partial charge in [0.2, 0.25) is 0 Å². The fourth-order valence-electron chi connectivity index (χ4n) is 8.63. The standard InChI is InChI=1S/C24H35NO5/c1-15(26)17-6-7-23-18-5-4-16-12-22(28)9-8-20(16,2)24(18,30-22)19(27)13-21(17,23)14-25(3)10-11-29-23/h5-6,15-16,19,26-28H,4,7-14H2,1-3H3/t15-,16-,19-,20+,21+,22-,23+,24+/m1/s1. The minimum Gasteiger partial charge on any atom is -0.390 e. The summed E-state index contributed by atoms with van der Waals surface area (Å²) in [5.41, 5.74) is -0.252. The van der Waals surface area contributed by atoms with E-state index < -0.39 is 34.6 Å². The van der Waals surface area contributed by atoms with E-state index in [-0.39, 0.29) is 5.41 Å². The molecule has 0 aromatic carbocycles. The van der Waals surface area contributed by atoms with Gasteiger partial charge in [-0.3, -0.25) is 0 Å². The molecule has 4 aliphatic carbocycles. The van der Waals surface area contributed by atoms with Crippen molar-refractivity contribution in [1.82, 2.24) is 4.90 Å². The summed E-state index contributed by atoms with van der Waals surface area (Å²) in [6, 6.07) is 0. The molecule has 0 amide bonds. The third kappa shape index (κ3) is 1.98. The maximum absolute atomic E-state index is 11.9. The van der Waals surface area contributed by atoms with Crippen LogP contribution in [0.2, 0.25) is 0 Å². The molecule has 3 heterocycles. The SMILES string of the molecule is C[C@@H](O)C1=CC[C@@]23OCCN(C)C[C@@]12C[C@@H](O)[C@]12O[C@]4(O)CC[C@@]1(C)[C@H](CC=C32)C4. The lowest BCUT2D eigenvalue weighted by molar-refractivity contribution is -0.401. The van der Waals surface area contributed by atoms with E-state index in [0.29, 0.717) is 38.2 Å². The van der Waals surface area contributed by atoms with E-state index in [1.165, 1.54) is 0 Å². The van der Waals surface area contributed by atoms with Crippen LogP contribution in [0, 0.1) is 16.7 Å². The highest BCUT2D eigenvalue weighted by atomic mass is 16.7. The van der Waals surface area contributed by atoms with E-state index in [2.05, 4.69) is 31.0 Å². The molecule has 6 heteroatoms. The predicted octanol–water partition coefficient (Wildman–Crippen LogP) is 1.74.